The number of nitrogens with zero attached hydrogens (tertiary/aromatic N) is 2. The molecule has 2 aromatic rings. The average molecular weight is 392 g/mol. The van der Waals surface area contributed by atoms with Crippen molar-refractivity contribution in [1.29, 1.82) is 0 Å². The molecule has 0 bridgehead atoms. The van der Waals surface area contributed by atoms with Gasteiger partial charge in [-0.05, 0) is 37.0 Å². The van der Waals surface area contributed by atoms with E-state index in [1.165, 1.54) is 12.1 Å². The highest BCUT2D eigenvalue weighted by atomic mass is 32.1. The molecule has 1 aromatic heterocycles. The molecule has 5 nitrogen and oxygen atoms in total. The number of morpholine rings is 1. The first-order valence-electron chi connectivity index (χ1n) is 9.43. The Morgan fingerprint density at radius 2 is 2.00 bits per heavy atom. The molecule has 1 N–H and O–H groups in total. The molecule has 0 aliphatic carbocycles. The van der Waals surface area contributed by atoms with Crippen LogP contribution in [0.1, 0.15) is 35.5 Å². The van der Waals surface area contributed by atoms with Gasteiger partial charge in [-0.15, -0.1) is 11.3 Å². The van der Waals surface area contributed by atoms with E-state index in [-0.39, 0.29) is 11.7 Å². The third kappa shape index (κ3) is 7.01. The van der Waals surface area contributed by atoms with Gasteiger partial charge in [-0.25, -0.2) is 9.37 Å². The zero-order chi connectivity index (χ0) is 18.9. The number of halogens is 1. The van der Waals surface area contributed by atoms with E-state index in [4.69, 9.17) is 4.74 Å². The monoisotopic (exact) mass is 391 g/mol. The van der Waals surface area contributed by atoms with E-state index in [0.29, 0.717) is 13.0 Å². The van der Waals surface area contributed by atoms with Gasteiger partial charge in [-0.1, -0.05) is 12.1 Å². The minimum Gasteiger partial charge on any atom is -0.379 e. The molecular formula is C20H26FN3O2S. The topological polar surface area (TPSA) is 54.5 Å². The van der Waals surface area contributed by atoms with Gasteiger partial charge in [0, 0.05) is 31.4 Å². The van der Waals surface area contributed by atoms with Gasteiger partial charge in [0.15, 0.2) is 0 Å². The molecule has 1 amide bonds. The number of amides is 1. The normalized spacial score (nSPS) is 15.0. The van der Waals surface area contributed by atoms with Crippen molar-refractivity contribution in [2.45, 2.75) is 38.8 Å². The predicted octanol–water partition coefficient (Wildman–Crippen LogP) is 3.14. The van der Waals surface area contributed by atoms with Gasteiger partial charge in [0.2, 0.25) is 5.91 Å². The first kappa shape index (κ1) is 19.9. The Bertz CT molecular complexity index is 714. The van der Waals surface area contributed by atoms with E-state index in [1.54, 1.807) is 23.5 Å². The highest BCUT2D eigenvalue weighted by Gasteiger charge is 2.13. The zero-order valence-electron chi connectivity index (χ0n) is 15.5. The number of carbonyl (C=O) groups is 1. The summed E-state index contributed by atoms with van der Waals surface area (Å²) in [6, 6.07) is 6.55. The molecule has 27 heavy (non-hydrogen) atoms. The van der Waals surface area contributed by atoms with Gasteiger partial charge in [-0.2, -0.15) is 0 Å². The van der Waals surface area contributed by atoms with E-state index >= 15 is 0 Å². The maximum atomic E-state index is 12.9. The maximum absolute atomic E-state index is 12.9. The van der Waals surface area contributed by atoms with Crippen LogP contribution >= 0.6 is 11.3 Å². The van der Waals surface area contributed by atoms with Gasteiger partial charge in [0.25, 0.3) is 0 Å². The van der Waals surface area contributed by atoms with Crippen LogP contribution in [0.5, 0.6) is 0 Å². The van der Waals surface area contributed by atoms with Crippen LogP contribution in [0, 0.1) is 5.82 Å². The van der Waals surface area contributed by atoms with Crippen LogP contribution in [0.15, 0.2) is 29.6 Å². The molecule has 0 saturated carbocycles. The van der Waals surface area contributed by atoms with E-state index in [0.717, 1.165) is 68.4 Å². The van der Waals surface area contributed by atoms with Gasteiger partial charge in [0.1, 0.15) is 10.8 Å². The molecule has 1 saturated heterocycles. The Morgan fingerprint density at radius 3 is 2.78 bits per heavy atom. The fraction of sp³-hybridized carbons (Fsp3) is 0.500. The highest BCUT2D eigenvalue weighted by Crippen LogP contribution is 2.13. The number of ether oxygens (including phenoxy) is 1. The number of thiazole rings is 1. The Kier molecular flexibility index (Phi) is 7.74. The summed E-state index contributed by atoms with van der Waals surface area (Å²) in [5, 5.41) is 5.96. The molecular weight excluding hydrogens is 365 g/mol. The molecule has 2 heterocycles. The second kappa shape index (κ2) is 10.5. The Hall–Kier alpha value is -1.83. The number of aromatic nitrogens is 1. The lowest BCUT2D eigenvalue weighted by molar-refractivity contribution is -0.121. The zero-order valence-corrected chi connectivity index (χ0v) is 16.3. The summed E-state index contributed by atoms with van der Waals surface area (Å²) in [6.07, 6.45) is 3.11. The third-order valence-corrected chi connectivity index (χ3v) is 5.46. The summed E-state index contributed by atoms with van der Waals surface area (Å²) in [5.41, 5.74) is 2.16. The SMILES string of the molecule is O=C(CCCCc1ccc(F)cc1)NCc1nc(CN2CCOCC2)cs1. The minimum atomic E-state index is -0.214. The van der Waals surface area contributed by atoms with Crippen molar-refractivity contribution in [3.05, 3.63) is 51.7 Å². The first-order valence-corrected chi connectivity index (χ1v) is 10.3. The van der Waals surface area contributed by atoms with Crippen molar-refractivity contribution in [2.75, 3.05) is 26.3 Å². The van der Waals surface area contributed by atoms with Gasteiger partial charge in [-0.3, -0.25) is 9.69 Å². The maximum Gasteiger partial charge on any atom is 0.220 e. The Balaban J connectivity index is 1.30. The van der Waals surface area contributed by atoms with Gasteiger partial charge in [0.05, 0.1) is 25.5 Å². The molecule has 146 valence electrons. The Morgan fingerprint density at radius 1 is 1.22 bits per heavy atom. The van der Waals surface area contributed by atoms with Crippen LogP contribution in [0.3, 0.4) is 0 Å². The quantitative estimate of drug-likeness (QED) is 0.667. The molecule has 7 heteroatoms. The summed E-state index contributed by atoms with van der Waals surface area (Å²) < 4.78 is 18.2. The molecule has 0 spiro atoms. The summed E-state index contributed by atoms with van der Waals surface area (Å²) >= 11 is 1.59. The van der Waals surface area contributed by atoms with Crippen molar-refractivity contribution in [3.8, 4) is 0 Å². The number of unbranched alkanes of at least 4 members (excludes halogenated alkanes) is 1. The van der Waals surface area contributed by atoms with Crippen LogP contribution in [-0.4, -0.2) is 42.1 Å². The lowest BCUT2D eigenvalue weighted by Crippen LogP contribution is -2.35. The molecule has 0 atom stereocenters. The first-order chi connectivity index (χ1) is 13.2. The van der Waals surface area contributed by atoms with Crippen LogP contribution in [0.4, 0.5) is 4.39 Å². The molecule has 0 unspecified atom stereocenters. The summed E-state index contributed by atoms with van der Waals surface area (Å²) in [6.45, 7) is 4.80. The third-order valence-electron chi connectivity index (χ3n) is 4.56. The number of carbonyl (C=O) groups excluding carboxylic acids is 1. The van der Waals surface area contributed by atoms with Crippen LogP contribution in [-0.2, 0) is 29.0 Å². The van der Waals surface area contributed by atoms with Gasteiger partial charge >= 0.3 is 0 Å². The molecule has 1 aliphatic heterocycles. The van der Waals surface area contributed by atoms with E-state index < -0.39 is 0 Å². The Labute approximate surface area is 163 Å². The van der Waals surface area contributed by atoms with Gasteiger partial charge < -0.3 is 10.1 Å². The molecule has 1 aromatic carbocycles. The fourth-order valence-corrected chi connectivity index (χ4v) is 3.74. The van der Waals surface area contributed by atoms with E-state index in [1.807, 2.05) is 0 Å². The molecule has 1 fully saturated rings. The summed E-state index contributed by atoms with van der Waals surface area (Å²) in [5.74, 6) is -0.160. The molecule has 1 aliphatic rings. The number of aryl methyl sites for hydroxylation is 1. The van der Waals surface area contributed by atoms with Crippen LogP contribution < -0.4 is 5.32 Å². The number of benzene rings is 1. The smallest absolute Gasteiger partial charge is 0.220 e. The predicted molar refractivity (Wildman–Crippen MR) is 104 cm³/mol. The lowest BCUT2D eigenvalue weighted by atomic mass is 10.1. The summed E-state index contributed by atoms with van der Waals surface area (Å²) in [4.78, 5) is 18.9. The van der Waals surface area contributed by atoms with Crippen molar-refractivity contribution in [3.63, 3.8) is 0 Å². The highest BCUT2D eigenvalue weighted by molar-refractivity contribution is 7.09. The standard InChI is InChI=1S/C20H26FN3O2S/c21-17-7-5-16(6-8-17)3-1-2-4-19(25)22-13-20-23-18(15-27-20)14-24-9-11-26-12-10-24/h5-8,15H,1-4,9-14H2,(H,22,25). The van der Waals surface area contributed by atoms with E-state index in [9.17, 15) is 9.18 Å². The molecule has 3 rings (SSSR count). The number of hydrogen-bond acceptors (Lipinski definition) is 5. The van der Waals surface area contributed by atoms with E-state index in [2.05, 4.69) is 20.6 Å². The van der Waals surface area contributed by atoms with Crippen molar-refractivity contribution >= 4 is 17.2 Å². The largest absolute Gasteiger partial charge is 0.379 e. The van der Waals surface area contributed by atoms with Crippen molar-refractivity contribution in [2.24, 2.45) is 0 Å². The molecule has 0 radical (unpaired) electrons. The average Bonchev–Trinajstić information content (AvgIpc) is 3.13. The number of rotatable bonds is 9. The second-order valence-electron chi connectivity index (χ2n) is 6.73. The van der Waals surface area contributed by atoms with Crippen molar-refractivity contribution < 1.29 is 13.9 Å². The second-order valence-corrected chi connectivity index (χ2v) is 7.67. The summed E-state index contributed by atoms with van der Waals surface area (Å²) in [7, 11) is 0. The number of hydrogen-bond donors (Lipinski definition) is 1. The minimum absolute atomic E-state index is 0.0547. The van der Waals surface area contributed by atoms with Crippen LogP contribution in [0.25, 0.3) is 0 Å². The number of nitrogens with one attached hydrogen (secondary N) is 1. The van der Waals surface area contributed by atoms with Crippen LogP contribution in [0.2, 0.25) is 0 Å². The lowest BCUT2D eigenvalue weighted by Gasteiger charge is -2.25. The fourth-order valence-electron chi connectivity index (χ4n) is 3.02. The van der Waals surface area contributed by atoms with Crippen molar-refractivity contribution in [1.82, 2.24) is 15.2 Å².